The van der Waals surface area contributed by atoms with Gasteiger partial charge in [0.15, 0.2) is 0 Å². The van der Waals surface area contributed by atoms with Crippen LogP contribution in [-0.4, -0.2) is 37.6 Å². The molecule has 0 aromatic carbocycles. The molecule has 1 rings (SSSR count). The van der Waals surface area contributed by atoms with Crippen LogP contribution in [0.25, 0.3) is 0 Å². The van der Waals surface area contributed by atoms with Gasteiger partial charge in [-0.3, -0.25) is 4.79 Å². The lowest BCUT2D eigenvalue weighted by Crippen LogP contribution is -2.28. The molecule has 3 nitrogen and oxygen atoms in total. The molecule has 1 aliphatic rings. The summed E-state index contributed by atoms with van der Waals surface area (Å²) in [5.74, 6) is 0.0903. The van der Waals surface area contributed by atoms with E-state index in [2.05, 4.69) is 0 Å². The normalized spacial score (nSPS) is 16.1. The fourth-order valence-corrected chi connectivity index (χ4v) is 0.798. The molecule has 0 radical (unpaired) electrons. The van der Waals surface area contributed by atoms with Gasteiger partial charge >= 0.3 is 0 Å². The average molecular weight is 189 g/mol. The molecule has 0 atom stereocenters. The Kier molecular flexibility index (Phi) is 13.1. The summed E-state index contributed by atoms with van der Waals surface area (Å²) < 4.78 is 4.99. The molecule has 0 bridgehead atoms. The largest absolute Gasteiger partial charge is 0.372 e. The van der Waals surface area contributed by atoms with E-state index >= 15 is 0 Å². The Bertz CT molecular complexity index is 115. The van der Waals surface area contributed by atoms with Crippen molar-refractivity contribution in [3.05, 3.63) is 0 Å². The lowest BCUT2D eigenvalue weighted by atomic mass is 10.4. The van der Waals surface area contributed by atoms with Gasteiger partial charge in [0.05, 0.1) is 0 Å². The molecule has 1 aliphatic heterocycles. The Morgan fingerprint density at radius 3 is 2.31 bits per heavy atom. The fourth-order valence-electron chi connectivity index (χ4n) is 0.798. The predicted molar refractivity (Wildman–Crippen MR) is 55.8 cm³/mol. The highest BCUT2D eigenvalue weighted by atomic mass is 16.5. The molecule has 1 heterocycles. The van der Waals surface area contributed by atoms with Gasteiger partial charge in [0.2, 0.25) is 5.91 Å². The number of carbonyl (C=O) groups excluding carboxylic acids is 1. The van der Waals surface area contributed by atoms with Crippen molar-refractivity contribution < 1.29 is 9.53 Å². The highest BCUT2D eigenvalue weighted by Gasteiger charge is 2.11. The number of hydrogen-bond acceptors (Lipinski definition) is 2. The van der Waals surface area contributed by atoms with Gasteiger partial charge in [-0.05, 0) is 6.42 Å². The van der Waals surface area contributed by atoms with Crippen LogP contribution in [0.5, 0.6) is 0 Å². The van der Waals surface area contributed by atoms with Crippen molar-refractivity contribution in [3.8, 4) is 0 Å². The highest BCUT2D eigenvalue weighted by Crippen LogP contribution is 1.95. The summed E-state index contributed by atoms with van der Waals surface area (Å²) in [6, 6.07) is 0. The number of likely N-dealkylation sites (N-methyl/N-ethyl adjacent to an activating group) is 1. The number of carbonyl (C=O) groups is 1. The molecule has 0 aromatic rings. The molecular weight excluding hydrogens is 166 g/mol. The van der Waals surface area contributed by atoms with Gasteiger partial charge in [-0.15, -0.1) is 0 Å². The van der Waals surface area contributed by atoms with E-state index in [1.807, 2.05) is 27.7 Å². The van der Waals surface area contributed by atoms with Crippen LogP contribution in [0.4, 0.5) is 0 Å². The van der Waals surface area contributed by atoms with E-state index in [9.17, 15) is 4.79 Å². The molecule has 13 heavy (non-hydrogen) atoms. The second-order valence-electron chi connectivity index (χ2n) is 2.22. The van der Waals surface area contributed by atoms with E-state index in [0.717, 1.165) is 19.6 Å². The molecule has 0 aromatic heterocycles. The number of amides is 1. The van der Waals surface area contributed by atoms with Gasteiger partial charge in [-0.2, -0.15) is 0 Å². The third-order valence-electron chi connectivity index (χ3n) is 1.43. The highest BCUT2D eigenvalue weighted by molar-refractivity contribution is 5.77. The number of hydrogen-bond donors (Lipinski definition) is 0. The third kappa shape index (κ3) is 7.78. The summed E-state index contributed by atoms with van der Waals surface area (Å²) >= 11 is 0. The number of ether oxygens (including phenoxy) is 1. The maximum atomic E-state index is 10.8. The van der Waals surface area contributed by atoms with Crippen molar-refractivity contribution in [2.45, 2.75) is 34.1 Å². The summed E-state index contributed by atoms with van der Waals surface area (Å²) in [6.07, 6.45) is 0.961. The van der Waals surface area contributed by atoms with Crippen molar-refractivity contribution in [2.24, 2.45) is 0 Å². The van der Waals surface area contributed by atoms with Crippen LogP contribution in [0.15, 0.2) is 0 Å². The van der Waals surface area contributed by atoms with Crippen molar-refractivity contribution in [2.75, 3.05) is 26.8 Å². The van der Waals surface area contributed by atoms with E-state index in [4.69, 9.17) is 4.74 Å². The van der Waals surface area contributed by atoms with E-state index in [-0.39, 0.29) is 12.5 Å². The molecule has 1 saturated heterocycles. The van der Waals surface area contributed by atoms with Gasteiger partial charge in [0.25, 0.3) is 0 Å². The Balaban J connectivity index is 0. The minimum Gasteiger partial charge on any atom is -0.372 e. The first kappa shape index (κ1) is 14.9. The molecule has 0 unspecified atom stereocenters. The van der Waals surface area contributed by atoms with Crippen LogP contribution < -0.4 is 0 Å². The zero-order valence-electron chi connectivity index (χ0n) is 9.59. The molecule has 3 heteroatoms. The van der Waals surface area contributed by atoms with Crippen LogP contribution >= 0.6 is 0 Å². The van der Waals surface area contributed by atoms with Crippen molar-refractivity contribution in [1.29, 1.82) is 0 Å². The molecule has 0 N–H and O–H groups in total. The smallest absolute Gasteiger partial charge is 0.248 e. The standard InChI is InChI=1S/C6H11NO2.2C2H6/c1-7-3-2-4-9-5-6(7)8;2*1-2/h2-5H2,1H3;2*1-2H3. The third-order valence-corrected chi connectivity index (χ3v) is 1.43. The Morgan fingerprint density at radius 2 is 1.77 bits per heavy atom. The number of rotatable bonds is 0. The average Bonchev–Trinajstić information content (AvgIpc) is 2.39. The first-order valence-corrected chi connectivity index (χ1v) is 5.12. The van der Waals surface area contributed by atoms with Gasteiger partial charge < -0.3 is 9.64 Å². The van der Waals surface area contributed by atoms with E-state index in [1.54, 1.807) is 11.9 Å². The molecule has 0 saturated carbocycles. The first-order chi connectivity index (χ1) is 6.30. The van der Waals surface area contributed by atoms with Crippen LogP contribution in [0, 0.1) is 0 Å². The van der Waals surface area contributed by atoms with E-state index in [1.165, 1.54) is 0 Å². The molecule has 1 amide bonds. The molecule has 0 aliphatic carbocycles. The lowest BCUT2D eigenvalue weighted by Gasteiger charge is -2.10. The Hall–Kier alpha value is -0.570. The first-order valence-electron chi connectivity index (χ1n) is 5.12. The summed E-state index contributed by atoms with van der Waals surface area (Å²) in [4.78, 5) is 12.5. The molecule has 80 valence electrons. The van der Waals surface area contributed by atoms with Gasteiger partial charge in [-0.1, -0.05) is 27.7 Å². The maximum Gasteiger partial charge on any atom is 0.248 e. The number of nitrogens with zero attached hydrogens (tertiary/aromatic N) is 1. The second kappa shape index (κ2) is 11.4. The zero-order valence-corrected chi connectivity index (χ0v) is 9.59. The minimum atomic E-state index is 0.0903. The Labute approximate surface area is 82.1 Å². The van der Waals surface area contributed by atoms with Gasteiger partial charge in [0, 0.05) is 20.2 Å². The van der Waals surface area contributed by atoms with Crippen molar-refractivity contribution in [3.63, 3.8) is 0 Å². The van der Waals surface area contributed by atoms with Crippen LogP contribution in [-0.2, 0) is 9.53 Å². The summed E-state index contributed by atoms with van der Waals surface area (Å²) in [7, 11) is 1.80. The fraction of sp³-hybridized carbons (Fsp3) is 0.900. The van der Waals surface area contributed by atoms with Crippen LogP contribution in [0.2, 0.25) is 0 Å². The summed E-state index contributed by atoms with van der Waals surface area (Å²) in [5.41, 5.74) is 0. The summed E-state index contributed by atoms with van der Waals surface area (Å²) in [6.45, 7) is 9.81. The van der Waals surface area contributed by atoms with Crippen molar-refractivity contribution in [1.82, 2.24) is 4.90 Å². The Morgan fingerprint density at radius 1 is 1.23 bits per heavy atom. The summed E-state index contributed by atoms with van der Waals surface area (Å²) in [5, 5.41) is 0. The molecular formula is C10H23NO2. The maximum absolute atomic E-state index is 10.8. The second-order valence-corrected chi connectivity index (χ2v) is 2.22. The van der Waals surface area contributed by atoms with Crippen LogP contribution in [0.1, 0.15) is 34.1 Å². The predicted octanol–water partition coefficient (Wildman–Crippen LogP) is 1.92. The topological polar surface area (TPSA) is 29.5 Å². The minimum absolute atomic E-state index is 0.0903. The van der Waals surface area contributed by atoms with Crippen LogP contribution in [0.3, 0.4) is 0 Å². The monoisotopic (exact) mass is 189 g/mol. The molecule has 1 fully saturated rings. The molecule has 0 spiro atoms. The quantitative estimate of drug-likeness (QED) is 0.582. The van der Waals surface area contributed by atoms with Gasteiger partial charge in [0.1, 0.15) is 6.61 Å². The van der Waals surface area contributed by atoms with Gasteiger partial charge in [-0.25, -0.2) is 0 Å². The lowest BCUT2D eigenvalue weighted by molar-refractivity contribution is -0.132. The van der Waals surface area contributed by atoms with E-state index in [0.29, 0.717) is 0 Å². The van der Waals surface area contributed by atoms with E-state index < -0.39 is 0 Å². The van der Waals surface area contributed by atoms with Crippen molar-refractivity contribution >= 4 is 5.91 Å². The SMILES string of the molecule is CC.CC.CN1CCCOCC1=O. The zero-order chi connectivity index (χ0) is 10.7.